The summed E-state index contributed by atoms with van der Waals surface area (Å²) in [6.07, 6.45) is -0.548. The van der Waals surface area contributed by atoms with E-state index < -0.39 is 65.7 Å². The molecule has 1 N–H and O–H groups in total. The second kappa shape index (κ2) is 17.8. The summed E-state index contributed by atoms with van der Waals surface area (Å²) < 4.78 is 90.1. The van der Waals surface area contributed by atoms with E-state index in [9.17, 15) is 9.22 Å². The molecule has 0 unspecified atom stereocenters. The van der Waals surface area contributed by atoms with Gasteiger partial charge in [-0.2, -0.15) is 0 Å². The third-order valence-electron chi connectivity index (χ3n) is 12.7. The summed E-state index contributed by atoms with van der Waals surface area (Å²) >= 11 is 0. The van der Waals surface area contributed by atoms with Crippen LogP contribution >= 0.6 is 0 Å². The quantitative estimate of drug-likeness (QED) is 0.147. The minimum absolute atomic E-state index is 0. The fourth-order valence-electron chi connectivity index (χ4n) is 7.84. The topological polar surface area (TPSA) is 50.9 Å². The number of phenolic OH excluding ortho intramolecular Hbond substituents is 1. The van der Waals surface area contributed by atoms with E-state index in [1.54, 1.807) is 39.8 Å². The SMILES string of the molecule is [2H]c1nc(-c2[c-]c(-c3cccc4c3nc(-c3cc(C([2H])(C)C)cc(C([2H])(C)C)c3O)n4-c3ccc(C(C)(C)C(C)(C)C)cc3-c3ccccc3)cc(C(C)(C)C)c2)c([2H])c(-c2c([2H])c([2H])c([2H])c([2H])c2[2H])c1[2H].[Pt]. The summed E-state index contributed by atoms with van der Waals surface area (Å²) in [6.45, 7) is 24.2. The van der Waals surface area contributed by atoms with Crippen molar-refractivity contribution in [3.63, 3.8) is 0 Å². The van der Waals surface area contributed by atoms with Crippen molar-refractivity contribution in [2.24, 2.45) is 5.41 Å². The Morgan fingerprint density at radius 3 is 2.03 bits per heavy atom. The van der Waals surface area contributed by atoms with Crippen LogP contribution in [-0.4, -0.2) is 19.6 Å². The summed E-state index contributed by atoms with van der Waals surface area (Å²) in [5, 5.41) is 12.5. The molecule has 0 amide bonds. The Hall–Kier alpha value is -5.57. The molecule has 0 spiro atoms. The molecule has 0 aliphatic heterocycles. The second-order valence-corrected chi connectivity index (χ2v) is 19.5. The molecular formula is C59H62N3OPt-. The van der Waals surface area contributed by atoms with Crippen LogP contribution in [0.2, 0.25) is 0 Å². The van der Waals surface area contributed by atoms with Crippen LogP contribution in [0.3, 0.4) is 0 Å². The Morgan fingerprint density at radius 2 is 1.38 bits per heavy atom. The molecule has 0 aliphatic carbocycles. The maximum atomic E-state index is 12.5. The van der Waals surface area contributed by atoms with E-state index in [0.717, 1.165) is 27.9 Å². The van der Waals surface area contributed by atoms with Crippen LogP contribution in [0.25, 0.3) is 72.7 Å². The predicted molar refractivity (Wildman–Crippen MR) is 266 cm³/mol. The molecule has 2 heterocycles. The molecular weight excluding hydrogens is 962 g/mol. The first-order chi connectivity index (χ1) is 33.7. The molecule has 0 atom stereocenters. The summed E-state index contributed by atoms with van der Waals surface area (Å²) in [5.74, 6) is -2.15. The number of hydrogen-bond donors (Lipinski definition) is 1. The zero-order valence-electron chi connectivity index (χ0n) is 48.8. The van der Waals surface area contributed by atoms with E-state index in [-0.39, 0.29) is 60.0 Å². The number of rotatable bonds is 9. The smallest absolute Gasteiger partial charge is 0.148 e. The van der Waals surface area contributed by atoms with E-state index in [4.69, 9.17) is 14.6 Å². The number of pyridine rings is 1. The standard InChI is InChI=1S/C59H62N3O.Pt/c1-37(2)42-33-48(38(3)4)55(63)50(34-42)56-61-54-47(43-30-44(32-46(31-43)57(5,6)7)51-35-41(28-29-60-51)39-20-15-13-16-21-39)24-19-25-53(54)62(56)52-27-26-45(59(11,12)58(8,9)10)36-49(52)40-22-17-14-18-23-40;/h13-29,31-38,63H,1-12H3;/q-1;/i13D,15D,16D,20D,21D,28D,29D,35D,37D,38D;. The third kappa shape index (κ3) is 8.79. The molecule has 0 bridgehead atoms. The van der Waals surface area contributed by atoms with Crippen LogP contribution in [0, 0.1) is 11.5 Å². The Morgan fingerprint density at radius 1 is 0.672 bits per heavy atom. The average molecular weight is 1030 g/mol. The van der Waals surface area contributed by atoms with Crippen molar-refractivity contribution in [1.82, 2.24) is 14.5 Å². The van der Waals surface area contributed by atoms with Gasteiger partial charge in [-0.15, -0.1) is 29.3 Å². The molecule has 0 fully saturated rings. The Kier molecular flexibility index (Phi) is 9.66. The van der Waals surface area contributed by atoms with E-state index in [0.29, 0.717) is 44.7 Å². The molecule has 2 aromatic heterocycles. The zero-order valence-corrected chi connectivity index (χ0v) is 41.0. The largest absolute Gasteiger partial charge is 0.507 e. The fraction of sp³-hybridized carbons (Fsp3) is 0.288. The second-order valence-electron chi connectivity index (χ2n) is 19.5. The number of imidazole rings is 1. The molecule has 330 valence electrons. The van der Waals surface area contributed by atoms with Gasteiger partial charge >= 0.3 is 0 Å². The van der Waals surface area contributed by atoms with Gasteiger partial charge in [0, 0.05) is 41.2 Å². The van der Waals surface area contributed by atoms with Gasteiger partial charge in [-0.05, 0) is 91.7 Å². The third-order valence-corrected chi connectivity index (χ3v) is 12.7. The molecule has 0 saturated heterocycles. The number of aromatic nitrogens is 3. The molecule has 64 heavy (non-hydrogen) atoms. The minimum Gasteiger partial charge on any atom is -0.507 e. The van der Waals surface area contributed by atoms with Gasteiger partial charge in [0.25, 0.3) is 0 Å². The van der Waals surface area contributed by atoms with E-state index in [1.807, 2.05) is 73.9 Å². The Balaban J connectivity index is 0.00000800. The van der Waals surface area contributed by atoms with Crippen LogP contribution in [-0.2, 0) is 31.9 Å². The minimum atomic E-state index is -1.26. The number of nitrogens with zero attached hydrogens (tertiary/aromatic N) is 3. The molecule has 0 aliphatic rings. The first kappa shape index (κ1) is 34.8. The summed E-state index contributed by atoms with van der Waals surface area (Å²) in [4.78, 5) is 9.92. The van der Waals surface area contributed by atoms with Gasteiger partial charge in [0.1, 0.15) is 11.6 Å². The molecule has 8 rings (SSSR count). The van der Waals surface area contributed by atoms with Crippen molar-refractivity contribution in [3.05, 3.63) is 168 Å². The monoisotopic (exact) mass is 1030 g/mol. The maximum Gasteiger partial charge on any atom is 0.148 e. The Bertz CT molecular complexity index is 3500. The fourth-order valence-corrected chi connectivity index (χ4v) is 7.84. The normalized spacial score (nSPS) is 14.8. The molecule has 5 heteroatoms. The van der Waals surface area contributed by atoms with Gasteiger partial charge in [0.05, 0.1) is 33.3 Å². The van der Waals surface area contributed by atoms with Gasteiger partial charge in [-0.1, -0.05) is 185 Å². The van der Waals surface area contributed by atoms with Crippen molar-refractivity contribution in [3.8, 4) is 67.5 Å². The van der Waals surface area contributed by atoms with E-state index >= 15 is 0 Å². The molecule has 6 aromatic carbocycles. The van der Waals surface area contributed by atoms with Crippen molar-refractivity contribution in [2.45, 2.75) is 106 Å². The van der Waals surface area contributed by atoms with Crippen LogP contribution in [0.5, 0.6) is 5.75 Å². The van der Waals surface area contributed by atoms with E-state index in [1.165, 1.54) is 0 Å². The molecule has 4 nitrogen and oxygen atoms in total. The number of para-hydroxylation sites is 1. The summed E-state index contributed by atoms with van der Waals surface area (Å²) in [6, 6.07) is 29.2. The van der Waals surface area contributed by atoms with Gasteiger partial charge in [-0.25, -0.2) is 4.98 Å². The van der Waals surface area contributed by atoms with Crippen LogP contribution in [0.15, 0.2) is 139 Å². The predicted octanol–water partition coefficient (Wildman–Crippen LogP) is 16.1. The Labute approximate surface area is 410 Å². The van der Waals surface area contributed by atoms with Gasteiger partial charge < -0.3 is 5.11 Å². The maximum absolute atomic E-state index is 12.5. The van der Waals surface area contributed by atoms with Gasteiger partial charge in [0.15, 0.2) is 0 Å². The number of benzene rings is 6. The molecule has 0 saturated carbocycles. The van der Waals surface area contributed by atoms with Gasteiger partial charge in [0.2, 0.25) is 0 Å². The number of hydrogen-bond acceptors (Lipinski definition) is 3. The van der Waals surface area contributed by atoms with Crippen molar-refractivity contribution < 1.29 is 39.9 Å². The molecule has 0 radical (unpaired) electrons. The van der Waals surface area contributed by atoms with Crippen molar-refractivity contribution in [1.29, 1.82) is 0 Å². The number of phenols is 1. The van der Waals surface area contributed by atoms with Crippen LogP contribution in [0.4, 0.5) is 0 Å². The summed E-state index contributed by atoms with van der Waals surface area (Å²) in [7, 11) is 0. The van der Waals surface area contributed by atoms with Crippen molar-refractivity contribution >= 4 is 11.0 Å². The molecule has 8 aromatic rings. The number of fused-ring (bicyclic) bond motifs is 1. The first-order valence-corrected chi connectivity index (χ1v) is 21.5. The van der Waals surface area contributed by atoms with Gasteiger partial charge in [-0.3, -0.25) is 9.55 Å². The first-order valence-electron chi connectivity index (χ1n) is 26.5. The zero-order chi connectivity index (χ0) is 53.8. The van der Waals surface area contributed by atoms with Crippen LogP contribution in [0.1, 0.15) is 131 Å². The van der Waals surface area contributed by atoms with Crippen LogP contribution < -0.4 is 0 Å². The van der Waals surface area contributed by atoms with E-state index in [2.05, 4.69) is 76.0 Å². The summed E-state index contributed by atoms with van der Waals surface area (Å²) in [5.41, 5.74) is 6.83. The average Bonchev–Trinajstić information content (AvgIpc) is 3.70. The van der Waals surface area contributed by atoms with Crippen molar-refractivity contribution in [2.75, 3.05) is 0 Å². The number of aromatic hydroxyl groups is 1.